The molecule has 0 spiro atoms. The van der Waals surface area contributed by atoms with Gasteiger partial charge in [0, 0.05) is 23.9 Å². The molecule has 7 atom stereocenters. The van der Waals surface area contributed by atoms with E-state index in [2.05, 4.69) is 24.3 Å². The van der Waals surface area contributed by atoms with Crippen LogP contribution < -0.4 is 5.32 Å². The predicted molar refractivity (Wildman–Crippen MR) is 97.6 cm³/mol. The average Bonchev–Trinajstić information content (AvgIpc) is 3.16. The van der Waals surface area contributed by atoms with Gasteiger partial charge in [-0.25, -0.2) is 0 Å². The standard InChI is InChI=1S/C21H30N2O3/c1-12(24)25-18-7-5-15-14-4-6-17-21(3,16(14)8-9-20(15,18)2)10-13-11-22-26-19(13)23-17/h11,14-18,23H,4-10H2,1-3H3/t14-,15?,16?,17?,18-,20-,21+/m0/s1. The topological polar surface area (TPSA) is 64.4 Å². The summed E-state index contributed by atoms with van der Waals surface area (Å²) in [5.74, 6) is 2.94. The van der Waals surface area contributed by atoms with Crippen LogP contribution in [0, 0.1) is 28.6 Å². The lowest BCUT2D eigenvalue weighted by Gasteiger charge is -2.59. The number of ether oxygens (including phenoxy) is 1. The molecule has 0 amide bonds. The van der Waals surface area contributed by atoms with E-state index in [1.54, 1.807) is 6.92 Å². The molecule has 0 bridgehead atoms. The quantitative estimate of drug-likeness (QED) is 0.763. The second-order valence-electron chi connectivity index (χ2n) is 9.73. The van der Waals surface area contributed by atoms with E-state index in [1.807, 2.05) is 6.20 Å². The van der Waals surface area contributed by atoms with Crippen LogP contribution in [-0.2, 0) is 16.0 Å². The van der Waals surface area contributed by atoms with Crippen molar-refractivity contribution < 1.29 is 14.1 Å². The predicted octanol–water partition coefficient (Wildman–Crippen LogP) is 4.19. The lowest BCUT2D eigenvalue weighted by molar-refractivity contribution is -0.158. The van der Waals surface area contributed by atoms with E-state index in [1.165, 1.54) is 37.7 Å². The molecule has 0 saturated heterocycles. The Bertz CT molecular complexity index is 731. The van der Waals surface area contributed by atoms with Crippen LogP contribution in [0.1, 0.15) is 64.9 Å². The lowest BCUT2D eigenvalue weighted by atomic mass is 9.47. The molecule has 0 aromatic carbocycles. The number of aromatic nitrogens is 1. The first kappa shape index (κ1) is 16.6. The Morgan fingerprint density at radius 2 is 2.00 bits per heavy atom. The molecule has 5 rings (SSSR count). The third kappa shape index (κ3) is 2.15. The van der Waals surface area contributed by atoms with E-state index in [0.717, 1.165) is 30.6 Å². The summed E-state index contributed by atoms with van der Waals surface area (Å²) in [6, 6.07) is 0.485. The Morgan fingerprint density at radius 1 is 1.19 bits per heavy atom. The van der Waals surface area contributed by atoms with E-state index in [0.29, 0.717) is 12.0 Å². The van der Waals surface area contributed by atoms with Crippen LogP contribution >= 0.6 is 0 Å². The van der Waals surface area contributed by atoms with Gasteiger partial charge >= 0.3 is 5.97 Å². The molecule has 3 fully saturated rings. The number of rotatable bonds is 1. The number of carbonyl (C=O) groups excluding carboxylic acids is 1. The fourth-order valence-corrected chi connectivity index (χ4v) is 7.37. The molecule has 2 heterocycles. The fraction of sp³-hybridized carbons (Fsp3) is 0.810. The maximum Gasteiger partial charge on any atom is 0.302 e. The van der Waals surface area contributed by atoms with Crippen molar-refractivity contribution in [3.63, 3.8) is 0 Å². The normalized spacial score (nSPS) is 46.3. The van der Waals surface area contributed by atoms with Crippen molar-refractivity contribution in [2.75, 3.05) is 5.32 Å². The number of nitrogens with zero attached hydrogens (tertiary/aromatic N) is 1. The lowest BCUT2D eigenvalue weighted by Crippen LogP contribution is -2.58. The van der Waals surface area contributed by atoms with Crippen molar-refractivity contribution in [2.24, 2.45) is 28.6 Å². The van der Waals surface area contributed by atoms with Gasteiger partial charge in [0.1, 0.15) is 6.10 Å². The smallest absolute Gasteiger partial charge is 0.302 e. The summed E-state index contributed by atoms with van der Waals surface area (Å²) in [5, 5.41) is 7.67. The highest BCUT2D eigenvalue weighted by Gasteiger charge is 2.61. The summed E-state index contributed by atoms with van der Waals surface area (Å²) in [6.45, 7) is 6.43. The number of esters is 1. The van der Waals surface area contributed by atoms with Crippen molar-refractivity contribution in [3.8, 4) is 0 Å². The van der Waals surface area contributed by atoms with Crippen LogP contribution in [0.15, 0.2) is 10.7 Å². The second-order valence-corrected chi connectivity index (χ2v) is 9.73. The number of hydrogen-bond donors (Lipinski definition) is 1. The minimum Gasteiger partial charge on any atom is -0.462 e. The van der Waals surface area contributed by atoms with Gasteiger partial charge in [-0.15, -0.1) is 0 Å². The van der Waals surface area contributed by atoms with Gasteiger partial charge in [0.2, 0.25) is 5.88 Å². The highest BCUT2D eigenvalue weighted by Crippen LogP contribution is 2.64. The van der Waals surface area contributed by atoms with Crippen molar-refractivity contribution in [2.45, 2.75) is 77.9 Å². The molecule has 4 aliphatic rings. The third-order valence-electron chi connectivity index (χ3n) is 8.61. The fourth-order valence-electron chi connectivity index (χ4n) is 7.37. The summed E-state index contributed by atoms with van der Waals surface area (Å²) >= 11 is 0. The molecule has 1 N–H and O–H groups in total. The van der Waals surface area contributed by atoms with Crippen LogP contribution in [0.3, 0.4) is 0 Å². The first-order valence-electron chi connectivity index (χ1n) is 10.3. The molecule has 0 radical (unpaired) electrons. The maximum absolute atomic E-state index is 11.6. The summed E-state index contributed by atoms with van der Waals surface area (Å²) in [7, 11) is 0. The first-order chi connectivity index (χ1) is 12.4. The minimum absolute atomic E-state index is 0.116. The zero-order valence-electron chi connectivity index (χ0n) is 16.1. The molecule has 1 aromatic rings. The van der Waals surface area contributed by atoms with E-state index in [-0.39, 0.29) is 22.9 Å². The van der Waals surface area contributed by atoms with Crippen molar-refractivity contribution in [1.29, 1.82) is 0 Å². The molecule has 26 heavy (non-hydrogen) atoms. The molecule has 1 aromatic heterocycles. The van der Waals surface area contributed by atoms with Gasteiger partial charge in [0.15, 0.2) is 0 Å². The van der Waals surface area contributed by atoms with Gasteiger partial charge < -0.3 is 14.6 Å². The summed E-state index contributed by atoms with van der Waals surface area (Å²) in [4.78, 5) is 11.6. The molecule has 3 unspecified atom stereocenters. The van der Waals surface area contributed by atoms with Crippen LogP contribution in [-0.4, -0.2) is 23.3 Å². The Labute approximate surface area is 155 Å². The van der Waals surface area contributed by atoms with Crippen LogP contribution in [0.2, 0.25) is 0 Å². The van der Waals surface area contributed by atoms with Gasteiger partial charge in [0.05, 0.1) is 6.20 Å². The number of fused-ring (bicyclic) bond motifs is 6. The molecule has 5 nitrogen and oxygen atoms in total. The highest BCUT2D eigenvalue weighted by molar-refractivity contribution is 5.66. The second kappa shape index (κ2) is 5.49. The largest absolute Gasteiger partial charge is 0.462 e. The maximum atomic E-state index is 11.6. The Kier molecular flexibility index (Phi) is 3.51. The van der Waals surface area contributed by atoms with Gasteiger partial charge in [-0.1, -0.05) is 19.0 Å². The Morgan fingerprint density at radius 3 is 2.81 bits per heavy atom. The zero-order valence-corrected chi connectivity index (χ0v) is 16.1. The van der Waals surface area contributed by atoms with Crippen molar-refractivity contribution >= 4 is 11.9 Å². The Balaban J connectivity index is 1.44. The van der Waals surface area contributed by atoms with Gasteiger partial charge in [-0.2, -0.15) is 0 Å². The SMILES string of the molecule is CC(=O)O[C@H]1CCC2[C@@H]3CCC4Nc5oncc5C[C@]4(C)C3CC[C@@]21C. The molecule has 142 valence electrons. The zero-order chi connectivity index (χ0) is 18.1. The highest BCUT2D eigenvalue weighted by atomic mass is 16.5. The average molecular weight is 358 g/mol. The van der Waals surface area contributed by atoms with Crippen LogP contribution in [0.5, 0.6) is 0 Å². The van der Waals surface area contributed by atoms with Crippen molar-refractivity contribution in [3.05, 3.63) is 11.8 Å². The summed E-state index contributed by atoms with van der Waals surface area (Å²) < 4.78 is 11.2. The minimum atomic E-state index is -0.119. The molecule has 1 aliphatic heterocycles. The number of hydrogen-bond acceptors (Lipinski definition) is 5. The van der Waals surface area contributed by atoms with Gasteiger partial charge in [-0.05, 0) is 68.1 Å². The summed E-state index contributed by atoms with van der Waals surface area (Å²) in [5.41, 5.74) is 1.67. The van der Waals surface area contributed by atoms with E-state index < -0.39 is 0 Å². The van der Waals surface area contributed by atoms with Crippen molar-refractivity contribution in [1.82, 2.24) is 5.16 Å². The third-order valence-corrected chi connectivity index (χ3v) is 8.61. The number of anilines is 1. The molecular weight excluding hydrogens is 328 g/mol. The van der Waals surface area contributed by atoms with E-state index in [4.69, 9.17) is 9.26 Å². The van der Waals surface area contributed by atoms with Gasteiger partial charge in [0.25, 0.3) is 0 Å². The molecule has 3 aliphatic carbocycles. The van der Waals surface area contributed by atoms with Crippen LogP contribution in [0.25, 0.3) is 0 Å². The van der Waals surface area contributed by atoms with E-state index >= 15 is 0 Å². The van der Waals surface area contributed by atoms with Crippen LogP contribution in [0.4, 0.5) is 5.88 Å². The monoisotopic (exact) mass is 358 g/mol. The molecule has 5 heteroatoms. The molecular formula is C21H30N2O3. The molecule has 3 saturated carbocycles. The number of carbonyl (C=O) groups is 1. The number of nitrogens with one attached hydrogen (secondary N) is 1. The Hall–Kier alpha value is -1.52. The first-order valence-corrected chi connectivity index (χ1v) is 10.3. The summed E-state index contributed by atoms with van der Waals surface area (Å²) in [6.07, 6.45) is 10.2. The van der Waals surface area contributed by atoms with E-state index in [9.17, 15) is 4.79 Å². The van der Waals surface area contributed by atoms with Gasteiger partial charge in [-0.3, -0.25) is 4.79 Å².